The van der Waals surface area contributed by atoms with E-state index >= 15 is 0 Å². The van der Waals surface area contributed by atoms with E-state index in [-0.39, 0.29) is 5.69 Å². The molecule has 0 aliphatic rings. The van der Waals surface area contributed by atoms with Crippen molar-refractivity contribution in [3.63, 3.8) is 0 Å². The summed E-state index contributed by atoms with van der Waals surface area (Å²) in [6, 6.07) is 9.20. The Bertz CT molecular complexity index is 660. The zero-order valence-electron chi connectivity index (χ0n) is 10.6. The summed E-state index contributed by atoms with van der Waals surface area (Å²) in [4.78, 5) is 6.78. The van der Waals surface area contributed by atoms with Gasteiger partial charge in [-0.2, -0.15) is 8.78 Å². The molecule has 0 spiro atoms. The second kappa shape index (κ2) is 6.18. The van der Waals surface area contributed by atoms with Crippen LogP contribution in [0.15, 0.2) is 36.4 Å². The van der Waals surface area contributed by atoms with Crippen molar-refractivity contribution in [3.8, 4) is 11.3 Å². The largest absolute Gasteiger partial charge is 0.365 e. The molecule has 9 heteroatoms. The summed E-state index contributed by atoms with van der Waals surface area (Å²) in [6.45, 7) is 0. The SMILES string of the molecule is FC(F)C(F)(F)c1nc(-c2ccccc2)cc(C(Cl)(Cl)Cl)n1. The standard InChI is InChI=1S/C13H7Cl3F4N2/c14-13(15,16)9-6-8(7-4-2-1-3-5-7)21-11(22-9)12(19,20)10(17)18/h1-6,10H. The first-order chi connectivity index (χ1) is 10.1. The van der Waals surface area contributed by atoms with Gasteiger partial charge in [-0.15, -0.1) is 0 Å². The molecule has 0 N–H and O–H groups in total. The minimum absolute atomic E-state index is 0.0488. The molecule has 22 heavy (non-hydrogen) atoms. The van der Waals surface area contributed by atoms with E-state index in [2.05, 4.69) is 9.97 Å². The average molecular weight is 374 g/mol. The highest BCUT2D eigenvalue weighted by molar-refractivity contribution is 6.66. The third-order valence-electron chi connectivity index (χ3n) is 2.66. The molecule has 2 nitrogen and oxygen atoms in total. The van der Waals surface area contributed by atoms with Crippen molar-refractivity contribution < 1.29 is 17.6 Å². The normalized spacial score (nSPS) is 12.7. The highest BCUT2D eigenvalue weighted by Gasteiger charge is 2.47. The van der Waals surface area contributed by atoms with E-state index in [1.165, 1.54) is 0 Å². The van der Waals surface area contributed by atoms with Crippen LogP contribution < -0.4 is 0 Å². The molecule has 0 saturated heterocycles. The van der Waals surface area contributed by atoms with Gasteiger partial charge in [-0.1, -0.05) is 65.1 Å². The predicted octanol–water partition coefficient (Wildman–Crippen LogP) is 5.33. The molecule has 0 unspecified atom stereocenters. The summed E-state index contributed by atoms with van der Waals surface area (Å²) in [5, 5.41) is 0. The van der Waals surface area contributed by atoms with Crippen molar-refractivity contribution in [2.75, 3.05) is 0 Å². The Morgan fingerprint density at radius 1 is 0.955 bits per heavy atom. The third kappa shape index (κ3) is 3.62. The van der Waals surface area contributed by atoms with Gasteiger partial charge in [-0.05, 0) is 6.07 Å². The second-order valence-electron chi connectivity index (χ2n) is 4.25. The Morgan fingerprint density at radius 2 is 1.55 bits per heavy atom. The van der Waals surface area contributed by atoms with E-state index < -0.39 is 27.7 Å². The smallest absolute Gasteiger partial charge is 0.227 e. The monoisotopic (exact) mass is 372 g/mol. The predicted molar refractivity (Wildman–Crippen MR) is 76.6 cm³/mol. The van der Waals surface area contributed by atoms with Gasteiger partial charge in [0.2, 0.25) is 9.62 Å². The number of hydrogen-bond donors (Lipinski definition) is 0. The minimum atomic E-state index is -4.56. The molecule has 0 aliphatic carbocycles. The molecule has 2 aromatic rings. The van der Waals surface area contributed by atoms with Crippen molar-refractivity contribution in [1.82, 2.24) is 9.97 Å². The molecular weight excluding hydrogens is 367 g/mol. The number of nitrogens with zero attached hydrogens (tertiary/aromatic N) is 2. The van der Waals surface area contributed by atoms with Crippen molar-refractivity contribution in [1.29, 1.82) is 0 Å². The molecule has 1 aromatic carbocycles. The van der Waals surface area contributed by atoms with Gasteiger partial charge < -0.3 is 0 Å². The first-order valence-electron chi connectivity index (χ1n) is 5.80. The summed E-state index contributed by atoms with van der Waals surface area (Å²) in [7, 11) is 0. The fourth-order valence-electron chi connectivity index (χ4n) is 1.60. The van der Waals surface area contributed by atoms with E-state index in [0.717, 1.165) is 6.07 Å². The topological polar surface area (TPSA) is 25.8 Å². The van der Waals surface area contributed by atoms with Gasteiger partial charge in [-0.25, -0.2) is 18.7 Å². The highest BCUT2D eigenvalue weighted by Crippen LogP contribution is 2.40. The van der Waals surface area contributed by atoms with Gasteiger partial charge in [0.25, 0.3) is 0 Å². The molecule has 118 valence electrons. The number of halogens is 7. The van der Waals surface area contributed by atoms with Crippen molar-refractivity contribution in [2.24, 2.45) is 0 Å². The lowest BCUT2D eigenvalue weighted by Gasteiger charge is -2.18. The molecule has 0 saturated carbocycles. The minimum Gasteiger partial charge on any atom is -0.227 e. The van der Waals surface area contributed by atoms with E-state index in [9.17, 15) is 17.6 Å². The molecule has 1 aromatic heterocycles. The van der Waals surface area contributed by atoms with Crippen molar-refractivity contribution in [2.45, 2.75) is 16.1 Å². The Kier molecular flexibility index (Phi) is 4.84. The lowest BCUT2D eigenvalue weighted by molar-refractivity contribution is -0.141. The third-order valence-corrected chi connectivity index (χ3v) is 3.24. The number of aromatic nitrogens is 2. The summed E-state index contributed by atoms with van der Waals surface area (Å²) in [6.07, 6.45) is -3.98. The van der Waals surface area contributed by atoms with Gasteiger partial charge in [0, 0.05) is 5.56 Å². The molecule has 0 radical (unpaired) electrons. The maximum absolute atomic E-state index is 13.5. The number of hydrogen-bond acceptors (Lipinski definition) is 2. The maximum atomic E-state index is 13.5. The van der Waals surface area contributed by atoms with E-state index in [0.29, 0.717) is 5.56 Å². The molecule has 0 atom stereocenters. The average Bonchev–Trinajstić information content (AvgIpc) is 2.46. The quantitative estimate of drug-likeness (QED) is 0.537. The van der Waals surface area contributed by atoms with Crippen LogP contribution >= 0.6 is 34.8 Å². The van der Waals surface area contributed by atoms with Crippen molar-refractivity contribution in [3.05, 3.63) is 47.9 Å². The zero-order valence-corrected chi connectivity index (χ0v) is 12.8. The number of alkyl halides is 7. The Labute approximate surface area is 138 Å². The molecule has 0 amide bonds. The van der Waals surface area contributed by atoms with Crippen LogP contribution in [0.4, 0.5) is 17.6 Å². The Morgan fingerprint density at radius 3 is 2.05 bits per heavy atom. The first kappa shape index (κ1) is 17.2. The summed E-state index contributed by atoms with van der Waals surface area (Å²) >= 11 is 16.9. The van der Waals surface area contributed by atoms with Crippen LogP contribution in [0.5, 0.6) is 0 Å². The van der Waals surface area contributed by atoms with Gasteiger partial charge >= 0.3 is 12.3 Å². The van der Waals surface area contributed by atoms with E-state index in [1.807, 2.05) is 0 Å². The van der Waals surface area contributed by atoms with Crippen LogP contribution in [0, 0.1) is 0 Å². The Balaban J connectivity index is 2.66. The number of benzene rings is 1. The van der Waals surface area contributed by atoms with Crippen molar-refractivity contribution >= 4 is 34.8 Å². The van der Waals surface area contributed by atoms with Gasteiger partial charge in [-0.3, -0.25) is 0 Å². The molecule has 0 bridgehead atoms. The van der Waals surface area contributed by atoms with Gasteiger partial charge in [0.15, 0.2) is 0 Å². The summed E-state index contributed by atoms with van der Waals surface area (Å²) in [5.74, 6) is -5.96. The van der Waals surface area contributed by atoms with Crippen LogP contribution in [-0.4, -0.2) is 16.4 Å². The molecule has 2 rings (SSSR count). The lowest BCUT2D eigenvalue weighted by atomic mass is 10.1. The second-order valence-corrected chi connectivity index (χ2v) is 6.53. The summed E-state index contributed by atoms with van der Waals surface area (Å²) in [5.41, 5.74) is -0.0688. The Hall–Kier alpha value is -1.11. The molecule has 1 heterocycles. The molecule has 0 fully saturated rings. The fraction of sp³-hybridized carbons (Fsp3) is 0.231. The van der Waals surface area contributed by atoms with Crippen LogP contribution in [0.2, 0.25) is 0 Å². The van der Waals surface area contributed by atoms with E-state index in [1.54, 1.807) is 30.3 Å². The first-order valence-corrected chi connectivity index (χ1v) is 6.94. The zero-order chi connectivity index (χ0) is 16.5. The van der Waals surface area contributed by atoms with Crippen LogP contribution in [-0.2, 0) is 9.72 Å². The lowest BCUT2D eigenvalue weighted by Crippen LogP contribution is -2.27. The highest BCUT2D eigenvalue weighted by atomic mass is 35.6. The van der Waals surface area contributed by atoms with E-state index in [4.69, 9.17) is 34.8 Å². The number of rotatable bonds is 3. The van der Waals surface area contributed by atoms with Gasteiger partial charge in [0.05, 0.1) is 11.4 Å². The van der Waals surface area contributed by atoms with Crippen LogP contribution in [0.25, 0.3) is 11.3 Å². The molecular formula is C13H7Cl3F4N2. The van der Waals surface area contributed by atoms with Gasteiger partial charge in [0.1, 0.15) is 0 Å². The fourth-order valence-corrected chi connectivity index (χ4v) is 1.89. The molecule has 0 aliphatic heterocycles. The summed E-state index contributed by atoms with van der Waals surface area (Å²) < 4.78 is 50.0. The van der Waals surface area contributed by atoms with Crippen LogP contribution in [0.3, 0.4) is 0 Å². The van der Waals surface area contributed by atoms with Crippen LogP contribution in [0.1, 0.15) is 11.5 Å². The maximum Gasteiger partial charge on any atom is 0.365 e.